The van der Waals surface area contributed by atoms with Crippen molar-refractivity contribution in [3.05, 3.63) is 101 Å². The third-order valence-electron chi connectivity index (χ3n) is 10.6. The highest BCUT2D eigenvalue weighted by molar-refractivity contribution is 5.93. The van der Waals surface area contributed by atoms with Gasteiger partial charge in [0.1, 0.15) is 5.54 Å². The number of hydroxylamine groups is 1. The first-order valence-electron chi connectivity index (χ1n) is 18.5. The number of anilines is 1. The Labute approximate surface area is 305 Å². The molecule has 0 saturated carbocycles. The van der Waals surface area contributed by atoms with E-state index in [4.69, 9.17) is 14.7 Å². The predicted molar refractivity (Wildman–Crippen MR) is 195 cm³/mol. The molecule has 1 spiro atoms. The van der Waals surface area contributed by atoms with Crippen LogP contribution in [0.15, 0.2) is 78.9 Å². The molecule has 5 N–H and O–H groups in total. The Kier molecular flexibility index (Phi) is 12.9. The van der Waals surface area contributed by atoms with Gasteiger partial charge in [0.25, 0.3) is 0 Å². The number of hydrogen-bond donors (Lipinski definition) is 5. The van der Waals surface area contributed by atoms with Gasteiger partial charge in [0.05, 0.1) is 25.5 Å². The minimum absolute atomic E-state index is 0.0148. The van der Waals surface area contributed by atoms with E-state index in [0.29, 0.717) is 32.5 Å². The molecule has 3 amide bonds. The van der Waals surface area contributed by atoms with Gasteiger partial charge >= 0.3 is 0 Å². The van der Waals surface area contributed by atoms with Gasteiger partial charge in [-0.1, -0.05) is 79.6 Å². The maximum atomic E-state index is 13.2. The Balaban J connectivity index is 1.05. The Hall–Kier alpha value is -4.33. The zero-order chi connectivity index (χ0) is 36.3. The molecular weight excluding hydrogens is 662 g/mol. The van der Waals surface area contributed by atoms with Gasteiger partial charge in [-0.2, -0.15) is 0 Å². The molecule has 3 fully saturated rings. The number of piperidine rings is 1. The van der Waals surface area contributed by atoms with Crippen LogP contribution in [0.4, 0.5) is 5.69 Å². The van der Waals surface area contributed by atoms with E-state index in [1.165, 1.54) is 0 Å². The molecule has 6 rings (SSSR count). The summed E-state index contributed by atoms with van der Waals surface area (Å²) in [6, 6.07) is 26.0. The van der Waals surface area contributed by atoms with Crippen LogP contribution < -0.4 is 21.0 Å². The van der Waals surface area contributed by atoms with Crippen LogP contribution in [0.3, 0.4) is 0 Å². The minimum atomic E-state index is -0.585. The molecule has 3 aromatic carbocycles. The number of nitrogens with one attached hydrogen (secondary N) is 3. The lowest BCUT2D eigenvalue weighted by Crippen LogP contribution is -2.57. The summed E-state index contributed by atoms with van der Waals surface area (Å²) in [6.45, 7) is 3.20. The molecule has 278 valence electrons. The number of likely N-dealkylation sites (tertiary alicyclic amines) is 1. The van der Waals surface area contributed by atoms with Crippen molar-refractivity contribution >= 4 is 23.4 Å². The highest BCUT2D eigenvalue weighted by Gasteiger charge is 2.50. The summed E-state index contributed by atoms with van der Waals surface area (Å²) in [4.78, 5) is 41.3. The average Bonchev–Trinajstić information content (AvgIpc) is 3.50. The summed E-state index contributed by atoms with van der Waals surface area (Å²) >= 11 is 0. The lowest BCUT2D eigenvalue weighted by molar-refractivity contribution is -0.253. The summed E-state index contributed by atoms with van der Waals surface area (Å²) in [6.07, 6.45) is 5.05. The largest absolute Gasteiger partial charge is 0.392 e. The molecule has 3 saturated heterocycles. The maximum absolute atomic E-state index is 13.2. The first-order valence-corrected chi connectivity index (χ1v) is 18.5. The highest BCUT2D eigenvalue weighted by Crippen LogP contribution is 2.40. The Morgan fingerprint density at radius 3 is 2.15 bits per heavy atom. The predicted octanol–water partition coefficient (Wildman–Crippen LogP) is 4.62. The van der Waals surface area contributed by atoms with Gasteiger partial charge in [-0.15, -0.1) is 0 Å². The van der Waals surface area contributed by atoms with Crippen LogP contribution in [-0.2, 0) is 37.0 Å². The molecule has 3 heterocycles. The van der Waals surface area contributed by atoms with Crippen LogP contribution >= 0.6 is 0 Å². The Bertz CT molecular complexity index is 1610. The number of ether oxygens (including phenoxy) is 2. The van der Waals surface area contributed by atoms with Gasteiger partial charge in [0.2, 0.25) is 17.7 Å². The maximum Gasteiger partial charge on any atom is 0.247 e. The van der Waals surface area contributed by atoms with Crippen molar-refractivity contribution in [1.82, 2.24) is 21.0 Å². The number of unbranched alkanes of at least 4 members (excludes halogenated alkanes) is 3. The van der Waals surface area contributed by atoms with Crippen LogP contribution in [0.5, 0.6) is 0 Å². The zero-order valence-corrected chi connectivity index (χ0v) is 29.7. The Morgan fingerprint density at radius 2 is 1.48 bits per heavy atom. The van der Waals surface area contributed by atoms with Crippen molar-refractivity contribution in [2.45, 2.75) is 95.0 Å². The monoisotopic (exact) mass is 713 g/mol. The third kappa shape index (κ3) is 9.36. The lowest BCUT2D eigenvalue weighted by Gasteiger charge is -2.45. The topological polar surface area (TPSA) is 153 Å². The smallest absolute Gasteiger partial charge is 0.247 e. The lowest BCUT2D eigenvalue weighted by atomic mass is 9.85. The van der Waals surface area contributed by atoms with Gasteiger partial charge in [0.15, 0.2) is 6.29 Å². The molecule has 12 heteroatoms. The van der Waals surface area contributed by atoms with E-state index in [2.05, 4.69) is 32.6 Å². The van der Waals surface area contributed by atoms with E-state index < -0.39 is 11.8 Å². The first-order chi connectivity index (χ1) is 25.4. The average molecular weight is 714 g/mol. The van der Waals surface area contributed by atoms with Crippen LogP contribution in [-0.4, -0.2) is 70.9 Å². The highest BCUT2D eigenvalue weighted by atomic mass is 16.7. The number of nitrogens with zero attached hydrogens (tertiary/aromatic N) is 2. The van der Waals surface area contributed by atoms with E-state index in [0.717, 1.165) is 79.7 Å². The van der Waals surface area contributed by atoms with Gasteiger partial charge in [-0.3, -0.25) is 19.6 Å². The third-order valence-corrected chi connectivity index (χ3v) is 10.6. The quantitative estimate of drug-likeness (QED) is 0.0864. The van der Waals surface area contributed by atoms with E-state index in [1.807, 2.05) is 66.7 Å². The number of aliphatic hydroxyl groups is 1. The molecule has 3 aromatic rings. The van der Waals surface area contributed by atoms with Crippen molar-refractivity contribution in [2.24, 2.45) is 0 Å². The van der Waals surface area contributed by atoms with Crippen molar-refractivity contribution < 1.29 is 34.2 Å². The molecular formula is C40H51N5O7. The molecule has 52 heavy (non-hydrogen) atoms. The summed E-state index contributed by atoms with van der Waals surface area (Å²) in [7, 11) is 0. The second-order valence-corrected chi connectivity index (χ2v) is 14.1. The minimum Gasteiger partial charge on any atom is -0.392 e. The summed E-state index contributed by atoms with van der Waals surface area (Å²) in [5.41, 5.74) is 5.89. The van der Waals surface area contributed by atoms with Crippen molar-refractivity contribution in [3.63, 3.8) is 0 Å². The van der Waals surface area contributed by atoms with Crippen LogP contribution in [0.2, 0.25) is 0 Å². The number of rotatable bonds is 15. The van der Waals surface area contributed by atoms with Crippen LogP contribution in [0, 0.1) is 0 Å². The van der Waals surface area contributed by atoms with Crippen molar-refractivity contribution in [3.8, 4) is 0 Å². The second-order valence-electron chi connectivity index (χ2n) is 14.1. The summed E-state index contributed by atoms with van der Waals surface area (Å²) < 4.78 is 13.2. The summed E-state index contributed by atoms with van der Waals surface area (Å²) in [5.74, 6) is -0.298. The number of carbonyl (C=O) groups excluding carboxylic acids is 3. The van der Waals surface area contributed by atoms with E-state index in [-0.39, 0.29) is 43.0 Å². The summed E-state index contributed by atoms with van der Waals surface area (Å²) in [5, 5.41) is 24.2. The molecule has 0 unspecified atom stereocenters. The van der Waals surface area contributed by atoms with E-state index in [1.54, 1.807) is 5.48 Å². The van der Waals surface area contributed by atoms with Gasteiger partial charge < -0.3 is 35.0 Å². The van der Waals surface area contributed by atoms with Crippen molar-refractivity contribution in [2.75, 3.05) is 31.2 Å². The number of aliphatic hydroxyl groups excluding tert-OH is 1. The van der Waals surface area contributed by atoms with Gasteiger partial charge in [-0.25, -0.2) is 5.48 Å². The normalized spacial score (nSPS) is 21.5. The second kappa shape index (κ2) is 17.9. The molecule has 3 atom stereocenters. The molecule has 0 aromatic heterocycles. The van der Waals surface area contributed by atoms with Gasteiger partial charge in [-0.05, 0) is 54.5 Å². The fraction of sp³-hybridized carbons (Fsp3) is 0.475. The van der Waals surface area contributed by atoms with Gasteiger partial charge in [0, 0.05) is 56.7 Å². The molecule has 3 aliphatic heterocycles. The number of carbonyl (C=O) groups is 3. The number of benzene rings is 3. The Morgan fingerprint density at radius 1 is 0.827 bits per heavy atom. The number of hydrogen-bond acceptors (Lipinski definition) is 9. The van der Waals surface area contributed by atoms with E-state index in [9.17, 15) is 19.5 Å². The standard InChI is InChI=1S/C40H51N5O7/c46-27-30-14-16-31(17-15-30)35-24-34(26-44-22-20-40(21-23-44)39(49)42-28-45(40)33-8-4-3-5-9-33)51-38(52-35)32-18-12-29(13-19-32)25-41-36(47)10-6-1-2-7-11-37(48)43-50/h3-5,8-9,12-19,34-35,38,46,50H,1-2,6-7,10-11,20-28H2,(H,41,47)(H,42,49)(H,43,48)/t34-,35+,38+/m1/s1. The fourth-order valence-electron chi connectivity index (χ4n) is 7.52. The van der Waals surface area contributed by atoms with Crippen molar-refractivity contribution in [1.29, 1.82) is 0 Å². The van der Waals surface area contributed by atoms with E-state index >= 15 is 0 Å². The molecule has 12 nitrogen and oxygen atoms in total. The zero-order valence-electron chi connectivity index (χ0n) is 29.7. The molecule has 0 radical (unpaired) electrons. The fourth-order valence-corrected chi connectivity index (χ4v) is 7.52. The van der Waals surface area contributed by atoms with Crippen LogP contribution in [0.1, 0.15) is 92.4 Å². The molecule has 0 aliphatic carbocycles. The van der Waals surface area contributed by atoms with Crippen LogP contribution in [0.25, 0.3) is 0 Å². The molecule has 0 bridgehead atoms. The number of para-hydroxylation sites is 1. The number of amides is 3. The molecule has 3 aliphatic rings. The SMILES string of the molecule is O=C(CCCCCCC(=O)NCc1ccc([C@H]2O[C@@H](CN3CCC4(CC3)C(=O)NCN4c3ccccc3)C[C@@H](c3ccc(CO)cc3)O2)cc1)NO. The first kappa shape index (κ1) is 37.4.